The standard InChI is InChI=1S/C17H14F3N3O6/c18-12-9(1-2-10-13(12)28-7-27-10)14(25)21-11-3-4-23(16(26)22-11)15-17(19,20)5-8(6-24)29-15/h1-4,8,15,24H,5-7H2,(H,21,22,25,26). The van der Waals surface area contributed by atoms with Crippen LogP contribution >= 0.6 is 0 Å². The second kappa shape index (κ2) is 7.04. The average molecular weight is 413 g/mol. The maximum Gasteiger partial charge on any atom is 0.351 e. The van der Waals surface area contributed by atoms with Gasteiger partial charge in [0, 0.05) is 12.6 Å². The van der Waals surface area contributed by atoms with E-state index < -0.39 is 48.7 Å². The van der Waals surface area contributed by atoms with Crippen LogP contribution in [0.2, 0.25) is 0 Å². The Bertz CT molecular complexity index is 1030. The third kappa shape index (κ3) is 3.40. The molecule has 9 nitrogen and oxygen atoms in total. The van der Waals surface area contributed by atoms with Crippen molar-refractivity contribution in [1.29, 1.82) is 0 Å². The Morgan fingerprint density at radius 2 is 2.14 bits per heavy atom. The van der Waals surface area contributed by atoms with Crippen molar-refractivity contribution in [3.8, 4) is 11.5 Å². The van der Waals surface area contributed by atoms with Gasteiger partial charge in [-0.05, 0) is 18.2 Å². The van der Waals surface area contributed by atoms with Crippen LogP contribution in [0.3, 0.4) is 0 Å². The van der Waals surface area contributed by atoms with E-state index in [0.29, 0.717) is 4.57 Å². The number of rotatable bonds is 4. The van der Waals surface area contributed by atoms with Crippen molar-refractivity contribution >= 4 is 11.7 Å². The molecule has 0 saturated carbocycles. The normalized spacial score (nSPS) is 21.9. The summed E-state index contributed by atoms with van der Waals surface area (Å²) < 4.78 is 58.0. The molecule has 0 aliphatic carbocycles. The number of carbonyl (C=O) groups is 1. The first-order valence-electron chi connectivity index (χ1n) is 8.43. The minimum Gasteiger partial charge on any atom is -0.453 e. The number of aliphatic hydroxyl groups is 1. The fourth-order valence-corrected chi connectivity index (χ4v) is 3.07. The highest BCUT2D eigenvalue weighted by molar-refractivity contribution is 6.04. The Morgan fingerprint density at radius 3 is 2.83 bits per heavy atom. The number of hydrogen-bond donors (Lipinski definition) is 2. The van der Waals surface area contributed by atoms with E-state index in [1.807, 2.05) is 0 Å². The lowest BCUT2D eigenvalue weighted by molar-refractivity contribution is -0.120. The van der Waals surface area contributed by atoms with Gasteiger partial charge in [0.15, 0.2) is 11.6 Å². The summed E-state index contributed by atoms with van der Waals surface area (Å²) in [5.74, 6) is -5.58. The summed E-state index contributed by atoms with van der Waals surface area (Å²) in [5.41, 5.74) is -1.49. The van der Waals surface area contributed by atoms with Gasteiger partial charge in [-0.15, -0.1) is 0 Å². The highest BCUT2D eigenvalue weighted by Gasteiger charge is 2.51. The minimum absolute atomic E-state index is 0.151. The number of hydrogen-bond acceptors (Lipinski definition) is 7. The van der Waals surface area contributed by atoms with Gasteiger partial charge in [0.05, 0.1) is 18.3 Å². The van der Waals surface area contributed by atoms with E-state index >= 15 is 0 Å². The van der Waals surface area contributed by atoms with Gasteiger partial charge in [0.2, 0.25) is 18.8 Å². The van der Waals surface area contributed by atoms with Crippen LogP contribution in [0.4, 0.5) is 19.0 Å². The van der Waals surface area contributed by atoms with E-state index in [1.54, 1.807) is 0 Å². The van der Waals surface area contributed by atoms with Crippen LogP contribution in [0.25, 0.3) is 0 Å². The number of aliphatic hydroxyl groups excluding tert-OH is 1. The fourth-order valence-electron chi connectivity index (χ4n) is 3.07. The number of fused-ring (bicyclic) bond motifs is 1. The number of halogens is 3. The van der Waals surface area contributed by atoms with Crippen LogP contribution in [-0.4, -0.2) is 46.0 Å². The van der Waals surface area contributed by atoms with E-state index in [9.17, 15) is 22.8 Å². The Balaban J connectivity index is 1.55. The predicted octanol–water partition coefficient (Wildman–Crippen LogP) is 1.28. The number of ether oxygens (including phenoxy) is 3. The molecule has 154 valence electrons. The largest absolute Gasteiger partial charge is 0.453 e. The monoisotopic (exact) mass is 413 g/mol. The Morgan fingerprint density at radius 1 is 1.34 bits per heavy atom. The van der Waals surface area contributed by atoms with E-state index in [-0.39, 0.29) is 29.7 Å². The molecule has 1 amide bonds. The lowest BCUT2D eigenvalue weighted by Crippen LogP contribution is -2.35. The SMILES string of the molecule is O=C(Nc1ccn(C2OC(CO)CC2(F)F)c(=O)n1)c1ccc2c(c1F)OCO2. The fraction of sp³-hybridized carbons (Fsp3) is 0.353. The van der Waals surface area contributed by atoms with Crippen molar-refractivity contribution < 1.29 is 37.3 Å². The van der Waals surface area contributed by atoms with Crippen LogP contribution in [0.1, 0.15) is 23.0 Å². The van der Waals surface area contributed by atoms with Gasteiger partial charge in [-0.3, -0.25) is 9.36 Å². The second-order valence-electron chi connectivity index (χ2n) is 6.38. The van der Waals surface area contributed by atoms with Crippen LogP contribution in [0.15, 0.2) is 29.2 Å². The van der Waals surface area contributed by atoms with Crippen LogP contribution in [0, 0.1) is 5.82 Å². The van der Waals surface area contributed by atoms with E-state index in [4.69, 9.17) is 19.3 Å². The maximum absolute atomic E-state index is 14.4. The first kappa shape index (κ1) is 19.2. The molecule has 2 N–H and O–H groups in total. The number of benzene rings is 1. The van der Waals surface area contributed by atoms with Gasteiger partial charge < -0.3 is 24.6 Å². The summed E-state index contributed by atoms with van der Waals surface area (Å²) in [6.45, 7) is -0.800. The Labute approximate surface area is 160 Å². The number of aromatic nitrogens is 2. The van der Waals surface area contributed by atoms with Gasteiger partial charge in [0.25, 0.3) is 11.8 Å². The Kier molecular flexibility index (Phi) is 4.67. The van der Waals surface area contributed by atoms with E-state index in [0.717, 1.165) is 12.3 Å². The second-order valence-corrected chi connectivity index (χ2v) is 6.38. The topological polar surface area (TPSA) is 112 Å². The summed E-state index contributed by atoms with van der Waals surface area (Å²) in [7, 11) is 0. The van der Waals surface area contributed by atoms with Crippen molar-refractivity contribution in [2.75, 3.05) is 18.7 Å². The molecule has 3 heterocycles. The number of nitrogens with zero attached hydrogens (tertiary/aromatic N) is 2. The zero-order chi connectivity index (χ0) is 20.8. The molecule has 2 atom stereocenters. The molecule has 1 fully saturated rings. The number of alkyl halides is 2. The molecule has 0 spiro atoms. The maximum atomic E-state index is 14.4. The van der Waals surface area contributed by atoms with Crippen LogP contribution in [-0.2, 0) is 4.74 Å². The molecule has 4 rings (SSSR count). The molecule has 2 unspecified atom stereocenters. The first-order chi connectivity index (χ1) is 13.8. The molecule has 1 saturated heterocycles. The van der Waals surface area contributed by atoms with Gasteiger partial charge in [0.1, 0.15) is 5.82 Å². The number of amides is 1. The Hall–Kier alpha value is -3.12. The third-order valence-corrected chi connectivity index (χ3v) is 4.43. The molecule has 0 bridgehead atoms. The van der Waals surface area contributed by atoms with Crippen LogP contribution < -0.4 is 20.5 Å². The van der Waals surface area contributed by atoms with Crippen LogP contribution in [0.5, 0.6) is 11.5 Å². The van der Waals surface area contributed by atoms with E-state index in [2.05, 4.69) is 10.3 Å². The average Bonchev–Trinajstić information content (AvgIpc) is 3.26. The molecule has 1 aromatic carbocycles. The third-order valence-electron chi connectivity index (χ3n) is 4.43. The number of nitrogens with one attached hydrogen (secondary N) is 1. The highest BCUT2D eigenvalue weighted by atomic mass is 19.3. The minimum atomic E-state index is -3.39. The summed E-state index contributed by atoms with van der Waals surface area (Å²) >= 11 is 0. The summed E-state index contributed by atoms with van der Waals surface area (Å²) in [4.78, 5) is 28.0. The first-order valence-corrected chi connectivity index (χ1v) is 8.43. The quantitative estimate of drug-likeness (QED) is 0.777. The van der Waals surface area contributed by atoms with Crippen molar-refractivity contribution in [3.63, 3.8) is 0 Å². The molecule has 0 radical (unpaired) electrons. The van der Waals surface area contributed by atoms with Crippen molar-refractivity contribution in [3.05, 3.63) is 46.3 Å². The highest BCUT2D eigenvalue weighted by Crippen LogP contribution is 2.41. The lowest BCUT2D eigenvalue weighted by Gasteiger charge is -2.19. The molecule has 2 aliphatic rings. The molecule has 12 heteroatoms. The molecular weight excluding hydrogens is 399 g/mol. The molecular formula is C17H14F3N3O6. The van der Waals surface area contributed by atoms with Gasteiger partial charge in [-0.2, -0.15) is 4.98 Å². The smallest absolute Gasteiger partial charge is 0.351 e. The lowest BCUT2D eigenvalue weighted by atomic mass is 10.1. The summed E-state index contributed by atoms with van der Waals surface area (Å²) in [6.07, 6.45) is -2.83. The predicted molar refractivity (Wildman–Crippen MR) is 89.5 cm³/mol. The van der Waals surface area contributed by atoms with Gasteiger partial charge in [-0.1, -0.05) is 0 Å². The number of anilines is 1. The van der Waals surface area contributed by atoms with E-state index in [1.165, 1.54) is 12.1 Å². The molecule has 29 heavy (non-hydrogen) atoms. The molecule has 2 aliphatic heterocycles. The summed E-state index contributed by atoms with van der Waals surface area (Å²) in [5, 5.41) is 11.2. The van der Waals surface area contributed by atoms with Crippen molar-refractivity contribution in [2.45, 2.75) is 24.7 Å². The van der Waals surface area contributed by atoms with Crippen molar-refractivity contribution in [1.82, 2.24) is 9.55 Å². The van der Waals surface area contributed by atoms with Gasteiger partial charge >= 0.3 is 5.69 Å². The molecule has 2 aromatic rings. The number of carbonyl (C=O) groups excluding carboxylic acids is 1. The van der Waals surface area contributed by atoms with Gasteiger partial charge in [-0.25, -0.2) is 18.0 Å². The zero-order valence-corrected chi connectivity index (χ0v) is 14.6. The zero-order valence-electron chi connectivity index (χ0n) is 14.6. The molecule has 1 aromatic heterocycles. The van der Waals surface area contributed by atoms with Crippen molar-refractivity contribution in [2.24, 2.45) is 0 Å². The summed E-state index contributed by atoms with van der Waals surface area (Å²) in [6, 6.07) is 3.61.